The van der Waals surface area contributed by atoms with Crippen LogP contribution in [0, 0.1) is 0 Å². The number of aryl methyl sites for hydroxylation is 2. The molecule has 0 saturated carbocycles. The number of hydrazone groups is 1. The zero-order chi connectivity index (χ0) is 16.5. The second kappa shape index (κ2) is 6.49. The van der Waals surface area contributed by atoms with E-state index in [4.69, 9.17) is 0 Å². The summed E-state index contributed by atoms with van der Waals surface area (Å²) in [6.45, 7) is 0. The number of benzene rings is 1. The molecule has 24 heavy (non-hydrogen) atoms. The first kappa shape index (κ1) is 15.5. The van der Waals surface area contributed by atoms with E-state index in [-0.39, 0.29) is 5.75 Å². The molecule has 1 aliphatic carbocycles. The van der Waals surface area contributed by atoms with Gasteiger partial charge < -0.3 is 5.11 Å². The number of thiophene rings is 1. The molecule has 0 aliphatic heterocycles. The van der Waals surface area contributed by atoms with E-state index in [0.29, 0.717) is 5.56 Å². The first-order valence-electron chi connectivity index (χ1n) is 7.75. The van der Waals surface area contributed by atoms with Crippen LogP contribution in [0.1, 0.15) is 28.8 Å². The Kier molecular flexibility index (Phi) is 4.20. The Morgan fingerprint density at radius 1 is 1.25 bits per heavy atom. The number of phenols is 1. The molecule has 0 fully saturated rings. The first-order chi connectivity index (χ1) is 11.7. The van der Waals surface area contributed by atoms with Gasteiger partial charge >= 0.3 is 0 Å². The second-order valence-electron chi connectivity index (χ2n) is 5.69. The van der Waals surface area contributed by atoms with Crippen molar-refractivity contribution in [2.75, 3.05) is 5.43 Å². The molecular weight excluding hydrogens is 388 g/mol. The Balaban J connectivity index is 1.66. The fraction of sp³-hybridized carbons (Fsp3) is 0.235. The Bertz CT molecular complexity index is 938. The number of rotatable bonds is 3. The van der Waals surface area contributed by atoms with Crippen molar-refractivity contribution in [3.8, 4) is 5.75 Å². The van der Waals surface area contributed by atoms with Crippen molar-refractivity contribution < 1.29 is 5.11 Å². The summed E-state index contributed by atoms with van der Waals surface area (Å²) in [5.41, 5.74) is 5.02. The molecule has 0 amide bonds. The number of nitrogens with one attached hydrogen (secondary N) is 1. The maximum absolute atomic E-state index is 9.87. The summed E-state index contributed by atoms with van der Waals surface area (Å²) in [7, 11) is 0. The monoisotopic (exact) mass is 402 g/mol. The molecule has 0 bridgehead atoms. The summed E-state index contributed by atoms with van der Waals surface area (Å²) >= 11 is 5.15. The fourth-order valence-electron chi connectivity index (χ4n) is 2.97. The van der Waals surface area contributed by atoms with E-state index in [9.17, 15) is 5.11 Å². The van der Waals surface area contributed by atoms with Crippen LogP contribution >= 0.6 is 27.3 Å². The zero-order valence-corrected chi connectivity index (χ0v) is 15.2. The Labute approximate surface area is 151 Å². The molecule has 5 nitrogen and oxygen atoms in total. The van der Waals surface area contributed by atoms with Gasteiger partial charge in [-0.1, -0.05) is 15.9 Å². The minimum Gasteiger partial charge on any atom is -0.507 e. The lowest BCUT2D eigenvalue weighted by atomic mass is 9.97. The van der Waals surface area contributed by atoms with Gasteiger partial charge in [-0.25, -0.2) is 9.97 Å². The van der Waals surface area contributed by atoms with Crippen LogP contribution in [-0.4, -0.2) is 21.3 Å². The van der Waals surface area contributed by atoms with Gasteiger partial charge in [-0.15, -0.1) is 11.3 Å². The predicted molar refractivity (Wildman–Crippen MR) is 101 cm³/mol. The number of aromatic hydroxyl groups is 1. The van der Waals surface area contributed by atoms with Crippen LogP contribution in [0.15, 0.2) is 34.1 Å². The van der Waals surface area contributed by atoms with Crippen molar-refractivity contribution in [2.45, 2.75) is 25.7 Å². The normalized spacial score (nSPS) is 14.2. The van der Waals surface area contributed by atoms with Gasteiger partial charge in [0.1, 0.15) is 16.9 Å². The maximum Gasteiger partial charge on any atom is 0.158 e. The fourth-order valence-corrected chi connectivity index (χ4v) is 4.57. The number of halogens is 1. The van der Waals surface area contributed by atoms with Gasteiger partial charge in [0, 0.05) is 14.9 Å². The second-order valence-corrected chi connectivity index (χ2v) is 7.69. The maximum atomic E-state index is 9.87. The van der Waals surface area contributed by atoms with Gasteiger partial charge in [-0.05, 0) is 49.4 Å². The summed E-state index contributed by atoms with van der Waals surface area (Å²) < 4.78 is 0.887. The summed E-state index contributed by atoms with van der Waals surface area (Å²) in [5, 5.41) is 15.2. The number of anilines is 1. The Morgan fingerprint density at radius 3 is 3.04 bits per heavy atom. The minimum atomic E-state index is 0.185. The van der Waals surface area contributed by atoms with Crippen molar-refractivity contribution >= 4 is 49.5 Å². The van der Waals surface area contributed by atoms with E-state index < -0.39 is 0 Å². The molecule has 3 aromatic rings. The first-order valence-corrected chi connectivity index (χ1v) is 9.36. The summed E-state index contributed by atoms with van der Waals surface area (Å²) in [6, 6.07) is 5.22. The molecule has 1 aliphatic rings. The van der Waals surface area contributed by atoms with Crippen LogP contribution in [0.4, 0.5) is 5.82 Å². The van der Waals surface area contributed by atoms with Crippen molar-refractivity contribution in [3.63, 3.8) is 0 Å². The van der Waals surface area contributed by atoms with Crippen LogP contribution in [0.25, 0.3) is 10.2 Å². The van der Waals surface area contributed by atoms with Crippen LogP contribution in [0.3, 0.4) is 0 Å². The smallest absolute Gasteiger partial charge is 0.158 e. The van der Waals surface area contributed by atoms with Crippen LogP contribution in [-0.2, 0) is 12.8 Å². The average Bonchev–Trinajstić information content (AvgIpc) is 2.97. The van der Waals surface area contributed by atoms with E-state index in [1.807, 2.05) is 6.07 Å². The van der Waals surface area contributed by atoms with Crippen LogP contribution < -0.4 is 5.43 Å². The van der Waals surface area contributed by atoms with E-state index in [0.717, 1.165) is 33.3 Å². The van der Waals surface area contributed by atoms with Crippen molar-refractivity contribution in [1.82, 2.24) is 9.97 Å². The van der Waals surface area contributed by atoms with Crippen molar-refractivity contribution in [3.05, 3.63) is 45.0 Å². The Hall–Kier alpha value is -1.99. The lowest BCUT2D eigenvalue weighted by Gasteiger charge is -2.11. The third-order valence-corrected chi connectivity index (χ3v) is 5.81. The minimum absolute atomic E-state index is 0.185. The third kappa shape index (κ3) is 2.89. The van der Waals surface area contributed by atoms with Crippen molar-refractivity contribution in [1.29, 1.82) is 0 Å². The molecule has 0 atom stereocenters. The quantitative estimate of drug-likeness (QED) is 0.500. The van der Waals surface area contributed by atoms with E-state index in [1.54, 1.807) is 36.0 Å². The standard InChI is InChI=1S/C17H15BrN4OS/c18-11-5-6-13(23)10(7-11)8-21-22-16-15-12-3-1-2-4-14(12)24-17(15)20-9-19-16/h5-9,23H,1-4H2,(H,19,20,22)/b21-8-. The molecule has 122 valence electrons. The lowest BCUT2D eigenvalue weighted by molar-refractivity contribution is 0.474. The van der Waals surface area contributed by atoms with Gasteiger partial charge in [-0.3, -0.25) is 5.43 Å². The average molecular weight is 403 g/mol. The number of phenolic OH excluding ortho intramolecular Hbond substituents is 1. The molecule has 2 N–H and O–H groups in total. The topological polar surface area (TPSA) is 70.4 Å². The summed E-state index contributed by atoms with van der Waals surface area (Å²) in [6.07, 6.45) is 7.82. The van der Waals surface area contributed by atoms with E-state index in [1.165, 1.54) is 23.3 Å². The van der Waals surface area contributed by atoms with Gasteiger partial charge in [0.25, 0.3) is 0 Å². The number of nitrogens with zero attached hydrogens (tertiary/aromatic N) is 3. The van der Waals surface area contributed by atoms with Gasteiger partial charge in [-0.2, -0.15) is 5.10 Å². The lowest BCUT2D eigenvalue weighted by Crippen LogP contribution is -2.01. The number of hydrogen-bond acceptors (Lipinski definition) is 6. The zero-order valence-electron chi connectivity index (χ0n) is 12.8. The highest BCUT2D eigenvalue weighted by molar-refractivity contribution is 9.10. The van der Waals surface area contributed by atoms with Gasteiger partial charge in [0.2, 0.25) is 0 Å². The largest absolute Gasteiger partial charge is 0.507 e. The molecule has 7 heteroatoms. The van der Waals surface area contributed by atoms with Gasteiger partial charge in [0.05, 0.1) is 11.6 Å². The molecule has 0 unspecified atom stereocenters. The summed E-state index contributed by atoms with van der Waals surface area (Å²) in [4.78, 5) is 11.2. The molecule has 1 aromatic carbocycles. The van der Waals surface area contributed by atoms with E-state index in [2.05, 4.69) is 36.4 Å². The summed E-state index contributed by atoms with van der Waals surface area (Å²) in [5.74, 6) is 0.912. The molecule has 2 aromatic heterocycles. The predicted octanol–water partition coefficient (Wildman–Crippen LogP) is 4.48. The van der Waals surface area contributed by atoms with Crippen LogP contribution in [0.5, 0.6) is 5.75 Å². The molecule has 0 spiro atoms. The number of fused-ring (bicyclic) bond motifs is 3. The highest BCUT2D eigenvalue weighted by Crippen LogP contribution is 2.38. The highest BCUT2D eigenvalue weighted by Gasteiger charge is 2.19. The third-order valence-electron chi connectivity index (χ3n) is 4.12. The van der Waals surface area contributed by atoms with Crippen LogP contribution in [0.2, 0.25) is 0 Å². The molecular formula is C17H15BrN4OS. The van der Waals surface area contributed by atoms with Crippen molar-refractivity contribution in [2.24, 2.45) is 5.10 Å². The van der Waals surface area contributed by atoms with E-state index >= 15 is 0 Å². The molecule has 0 radical (unpaired) electrons. The Morgan fingerprint density at radius 2 is 2.12 bits per heavy atom. The van der Waals surface area contributed by atoms with Gasteiger partial charge in [0.15, 0.2) is 5.82 Å². The molecule has 0 saturated heterocycles. The SMILES string of the molecule is Oc1ccc(Br)cc1/C=N\Nc1ncnc2sc3c(c12)CCCC3. The number of hydrogen-bond donors (Lipinski definition) is 2. The highest BCUT2D eigenvalue weighted by atomic mass is 79.9. The molecule has 2 heterocycles. The molecule has 4 rings (SSSR count). The number of aromatic nitrogens is 2.